The van der Waals surface area contributed by atoms with Gasteiger partial charge in [-0.2, -0.15) is 0 Å². The van der Waals surface area contributed by atoms with E-state index in [2.05, 4.69) is 0 Å². The minimum Gasteiger partial charge on any atom is -0.489 e. The topological polar surface area (TPSA) is 65.1 Å². The van der Waals surface area contributed by atoms with Gasteiger partial charge in [-0.3, -0.25) is 4.79 Å². The number of fused-ring (bicyclic) bond motifs is 1. The molecule has 0 saturated carbocycles. The molecule has 0 radical (unpaired) electrons. The molecule has 3 aromatic carbocycles. The number of carbonyl (C=O) groups is 2. The molecule has 32 heavy (non-hydrogen) atoms. The van der Waals surface area contributed by atoms with E-state index in [1.807, 2.05) is 73.7 Å². The van der Waals surface area contributed by atoms with Crippen molar-refractivity contribution in [3.8, 4) is 11.5 Å². The van der Waals surface area contributed by atoms with Crippen LogP contribution in [0.1, 0.15) is 34.0 Å². The van der Waals surface area contributed by atoms with Gasteiger partial charge in [-0.1, -0.05) is 30.3 Å². The highest BCUT2D eigenvalue weighted by atomic mass is 16.6. The average Bonchev–Trinajstić information content (AvgIpc) is 3.15. The first-order valence-electron chi connectivity index (χ1n) is 10.6. The molecule has 0 fully saturated rings. The van der Waals surface area contributed by atoms with E-state index in [0.29, 0.717) is 36.8 Å². The molecule has 6 heteroatoms. The number of benzene rings is 3. The van der Waals surface area contributed by atoms with Crippen LogP contribution in [-0.2, 0) is 22.7 Å². The van der Waals surface area contributed by atoms with Gasteiger partial charge in [0, 0.05) is 16.8 Å². The summed E-state index contributed by atoms with van der Waals surface area (Å²) >= 11 is 0. The second kappa shape index (κ2) is 9.56. The third-order valence-corrected chi connectivity index (χ3v) is 5.28. The van der Waals surface area contributed by atoms with Gasteiger partial charge in [-0.15, -0.1) is 0 Å². The Hall–Kier alpha value is -3.80. The monoisotopic (exact) mass is 431 g/mol. The molecule has 6 nitrogen and oxygen atoms in total. The highest BCUT2D eigenvalue weighted by Crippen LogP contribution is 2.34. The summed E-state index contributed by atoms with van der Waals surface area (Å²) in [6.07, 6.45) is 0. The molecule has 164 valence electrons. The van der Waals surface area contributed by atoms with Crippen LogP contribution >= 0.6 is 0 Å². The van der Waals surface area contributed by atoms with E-state index in [1.165, 1.54) is 0 Å². The van der Waals surface area contributed by atoms with Crippen molar-refractivity contribution >= 4 is 17.6 Å². The maximum Gasteiger partial charge on any atom is 0.344 e. The van der Waals surface area contributed by atoms with E-state index in [0.717, 1.165) is 22.4 Å². The van der Waals surface area contributed by atoms with Gasteiger partial charge in [0.2, 0.25) is 0 Å². The van der Waals surface area contributed by atoms with Gasteiger partial charge in [0.05, 0.1) is 13.2 Å². The Bertz CT molecular complexity index is 1130. The van der Waals surface area contributed by atoms with Crippen LogP contribution in [0.2, 0.25) is 0 Å². The summed E-state index contributed by atoms with van der Waals surface area (Å²) < 4.78 is 16.5. The number of hydrogen-bond acceptors (Lipinski definition) is 5. The molecule has 1 amide bonds. The van der Waals surface area contributed by atoms with E-state index in [-0.39, 0.29) is 12.5 Å². The lowest BCUT2D eigenvalue weighted by atomic mass is 10.1. The molecule has 0 atom stereocenters. The Kier molecular flexibility index (Phi) is 6.40. The van der Waals surface area contributed by atoms with Crippen LogP contribution in [0.3, 0.4) is 0 Å². The zero-order valence-corrected chi connectivity index (χ0v) is 18.2. The molecule has 0 saturated heterocycles. The number of rotatable bonds is 8. The summed E-state index contributed by atoms with van der Waals surface area (Å²) in [6.45, 7) is 4.72. The number of nitrogens with zero attached hydrogens (tertiary/aromatic N) is 1. The SMILES string of the molecule is CCOC(=O)COc1ccc(COc2cccc3c2CN(c2ccccc2)C3=O)cc1C. The van der Waals surface area contributed by atoms with Crippen LogP contribution in [0, 0.1) is 6.92 Å². The van der Waals surface area contributed by atoms with Gasteiger partial charge in [0.15, 0.2) is 6.61 Å². The zero-order chi connectivity index (χ0) is 22.5. The quantitative estimate of drug-likeness (QED) is 0.485. The molecule has 0 N–H and O–H groups in total. The molecule has 1 aliphatic heterocycles. The molecule has 0 unspecified atom stereocenters. The van der Waals surface area contributed by atoms with Crippen molar-refractivity contribution < 1.29 is 23.8 Å². The number of hydrogen-bond donors (Lipinski definition) is 0. The first-order valence-corrected chi connectivity index (χ1v) is 10.6. The maximum absolute atomic E-state index is 12.9. The molecular weight excluding hydrogens is 406 g/mol. The molecule has 0 aliphatic carbocycles. The number of carbonyl (C=O) groups excluding carboxylic acids is 2. The highest BCUT2D eigenvalue weighted by Gasteiger charge is 2.30. The number of anilines is 1. The Morgan fingerprint density at radius 1 is 0.969 bits per heavy atom. The standard InChI is InChI=1S/C26H25NO5/c1-3-30-25(28)17-32-23-13-12-19(14-18(23)2)16-31-24-11-7-10-21-22(24)15-27(26(21)29)20-8-5-4-6-9-20/h4-14H,3,15-17H2,1-2H3. The molecule has 4 rings (SSSR count). The molecule has 1 heterocycles. The number of aryl methyl sites for hydroxylation is 1. The normalized spacial score (nSPS) is 12.4. The summed E-state index contributed by atoms with van der Waals surface area (Å²) in [5, 5.41) is 0. The highest BCUT2D eigenvalue weighted by molar-refractivity contribution is 6.10. The van der Waals surface area contributed by atoms with Crippen molar-refractivity contribution in [1.29, 1.82) is 0 Å². The summed E-state index contributed by atoms with van der Waals surface area (Å²) in [7, 11) is 0. The predicted octanol–water partition coefficient (Wildman–Crippen LogP) is 4.68. The fraction of sp³-hybridized carbons (Fsp3) is 0.231. The number of amides is 1. The van der Waals surface area contributed by atoms with Gasteiger partial charge >= 0.3 is 5.97 Å². The van der Waals surface area contributed by atoms with Gasteiger partial charge in [-0.25, -0.2) is 4.79 Å². The summed E-state index contributed by atoms with van der Waals surface area (Å²) in [6, 6.07) is 20.9. The van der Waals surface area contributed by atoms with Crippen LogP contribution < -0.4 is 14.4 Å². The first kappa shape index (κ1) is 21.4. The summed E-state index contributed by atoms with van der Waals surface area (Å²) in [4.78, 5) is 26.1. The van der Waals surface area contributed by atoms with Crippen LogP contribution in [0.5, 0.6) is 11.5 Å². The Balaban J connectivity index is 1.43. The second-order valence-electron chi connectivity index (χ2n) is 7.49. The Morgan fingerprint density at radius 3 is 2.53 bits per heavy atom. The van der Waals surface area contributed by atoms with Crippen molar-refractivity contribution in [2.75, 3.05) is 18.1 Å². The van der Waals surface area contributed by atoms with Gasteiger partial charge < -0.3 is 19.1 Å². The molecular formula is C26H25NO5. The fourth-order valence-electron chi connectivity index (χ4n) is 3.72. The van der Waals surface area contributed by atoms with E-state index in [1.54, 1.807) is 11.8 Å². The van der Waals surface area contributed by atoms with Crippen LogP contribution in [0.15, 0.2) is 66.7 Å². The predicted molar refractivity (Wildman–Crippen MR) is 121 cm³/mol. The molecule has 0 aromatic heterocycles. The van der Waals surface area contributed by atoms with Gasteiger partial charge in [0.25, 0.3) is 5.91 Å². The van der Waals surface area contributed by atoms with E-state index < -0.39 is 5.97 Å². The second-order valence-corrected chi connectivity index (χ2v) is 7.49. The molecule has 0 bridgehead atoms. The van der Waals surface area contributed by atoms with Crippen molar-refractivity contribution in [2.24, 2.45) is 0 Å². The molecule has 0 spiro atoms. The lowest BCUT2D eigenvalue weighted by Crippen LogP contribution is -2.22. The van der Waals surface area contributed by atoms with E-state index in [9.17, 15) is 9.59 Å². The zero-order valence-electron chi connectivity index (χ0n) is 18.2. The average molecular weight is 431 g/mol. The van der Waals surface area contributed by atoms with Gasteiger partial charge in [0.1, 0.15) is 18.1 Å². The first-order chi connectivity index (χ1) is 15.6. The van der Waals surface area contributed by atoms with Crippen LogP contribution in [0.4, 0.5) is 5.69 Å². The number of ether oxygens (including phenoxy) is 3. The van der Waals surface area contributed by atoms with Gasteiger partial charge in [-0.05, 0) is 61.4 Å². The van der Waals surface area contributed by atoms with Crippen molar-refractivity contribution in [2.45, 2.75) is 27.0 Å². The lowest BCUT2D eigenvalue weighted by Gasteiger charge is -2.15. The minimum atomic E-state index is -0.392. The lowest BCUT2D eigenvalue weighted by molar-refractivity contribution is -0.145. The smallest absolute Gasteiger partial charge is 0.344 e. The number of esters is 1. The van der Waals surface area contributed by atoms with Crippen LogP contribution in [0.25, 0.3) is 0 Å². The van der Waals surface area contributed by atoms with E-state index in [4.69, 9.17) is 14.2 Å². The Labute approximate surface area is 187 Å². The third-order valence-electron chi connectivity index (χ3n) is 5.28. The number of para-hydroxylation sites is 1. The fourth-order valence-corrected chi connectivity index (χ4v) is 3.72. The third kappa shape index (κ3) is 4.59. The van der Waals surface area contributed by atoms with Crippen molar-refractivity contribution in [3.05, 3.63) is 89.0 Å². The molecule has 3 aromatic rings. The van der Waals surface area contributed by atoms with E-state index >= 15 is 0 Å². The Morgan fingerprint density at radius 2 is 1.78 bits per heavy atom. The maximum atomic E-state index is 12.9. The minimum absolute atomic E-state index is 0.0180. The molecule has 1 aliphatic rings. The summed E-state index contributed by atoms with van der Waals surface area (Å²) in [5.74, 6) is 0.924. The van der Waals surface area contributed by atoms with Crippen molar-refractivity contribution in [1.82, 2.24) is 0 Å². The van der Waals surface area contributed by atoms with Crippen molar-refractivity contribution in [3.63, 3.8) is 0 Å². The summed E-state index contributed by atoms with van der Waals surface area (Å²) in [5.41, 5.74) is 4.30. The van der Waals surface area contributed by atoms with Crippen LogP contribution in [-0.4, -0.2) is 25.1 Å². The largest absolute Gasteiger partial charge is 0.489 e.